The molecule has 94 valence electrons. The average molecular weight is 233 g/mol. The van der Waals surface area contributed by atoms with Crippen molar-refractivity contribution in [2.45, 2.75) is 33.2 Å². The fraction of sp³-hybridized carbons (Fsp3) is 0.500. The highest BCUT2D eigenvalue weighted by molar-refractivity contribution is 5.78. The standard InChI is InChI=1S/C14H23N3/c1-3-5-11-17(4-2)14(15)16-12-13-9-7-6-8-10-13/h6-10H,3-5,11-12H2,1-2H3,(H2,15,16). The zero-order chi connectivity index (χ0) is 12.5. The van der Waals surface area contributed by atoms with Crippen molar-refractivity contribution in [3.05, 3.63) is 35.9 Å². The molecule has 0 saturated carbocycles. The number of aliphatic imine (C=N–C) groups is 1. The third-order valence-electron chi connectivity index (χ3n) is 2.75. The van der Waals surface area contributed by atoms with Gasteiger partial charge in [0.2, 0.25) is 0 Å². The van der Waals surface area contributed by atoms with Gasteiger partial charge < -0.3 is 10.6 Å². The maximum atomic E-state index is 5.99. The van der Waals surface area contributed by atoms with Gasteiger partial charge in [0, 0.05) is 13.1 Å². The molecule has 0 aliphatic rings. The summed E-state index contributed by atoms with van der Waals surface area (Å²) >= 11 is 0. The number of rotatable bonds is 6. The highest BCUT2D eigenvalue weighted by Crippen LogP contribution is 2.01. The van der Waals surface area contributed by atoms with Crippen molar-refractivity contribution in [3.8, 4) is 0 Å². The summed E-state index contributed by atoms with van der Waals surface area (Å²) in [6.07, 6.45) is 2.35. The van der Waals surface area contributed by atoms with E-state index in [0.717, 1.165) is 19.5 Å². The molecule has 0 bridgehead atoms. The molecular formula is C14H23N3. The Balaban J connectivity index is 2.52. The van der Waals surface area contributed by atoms with E-state index in [0.29, 0.717) is 12.5 Å². The van der Waals surface area contributed by atoms with Crippen LogP contribution in [0.3, 0.4) is 0 Å². The molecule has 0 spiro atoms. The fourth-order valence-electron chi connectivity index (χ4n) is 1.64. The first-order valence-electron chi connectivity index (χ1n) is 6.36. The lowest BCUT2D eigenvalue weighted by Gasteiger charge is -2.21. The van der Waals surface area contributed by atoms with E-state index >= 15 is 0 Å². The lowest BCUT2D eigenvalue weighted by molar-refractivity contribution is 0.422. The fourth-order valence-corrected chi connectivity index (χ4v) is 1.64. The first kappa shape index (κ1) is 13.6. The Kier molecular flexibility index (Phi) is 6.15. The number of unbranched alkanes of at least 4 members (excludes halogenated alkanes) is 1. The van der Waals surface area contributed by atoms with Crippen molar-refractivity contribution in [2.75, 3.05) is 13.1 Å². The van der Waals surface area contributed by atoms with Crippen LogP contribution in [0.25, 0.3) is 0 Å². The average Bonchev–Trinajstić information content (AvgIpc) is 2.38. The molecule has 0 radical (unpaired) electrons. The van der Waals surface area contributed by atoms with Crippen LogP contribution in [0.1, 0.15) is 32.3 Å². The lowest BCUT2D eigenvalue weighted by Crippen LogP contribution is -2.37. The number of guanidine groups is 1. The van der Waals surface area contributed by atoms with Gasteiger partial charge in [-0.15, -0.1) is 0 Å². The van der Waals surface area contributed by atoms with Gasteiger partial charge in [0.25, 0.3) is 0 Å². The van der Waals surface area contributed by atoms with Crippen molar-refractivity contribution < 1.29 is 0 Å². The van der Waals surface area contributed by atoms with Crippen molar-refractivity contribution in [2.24, 2.45) is 10.7 Å². The van der Waals surface area contributed by atoms with Gasteiger partial charge in [-0.3, -0.25) is 0 Å². The summed E-state index contributed by atoms with van der Waals surface area (Å²) in [5, 5.41) is 0. The van der Waals surface area contributed by atoms with Crippen LogP contribution in [0, 0.1) is 0 Å². The molecule has 0 heterocycles. The first-order valence-corrected chi connectivity index (χ1v) is 6.36. The second-order valence-corrected chi connectivity index (χ2v) is 4.09. The molecule has 0 saturated heterocycles. The van der Waals surface area contributed by atoms with Gasteiger partial charge in [0.15, 0.2) is 5.96 Å². The Morgan fingerprint density at radius 1 is 1.24 bits per heavy atom. The van der Waals surface area contributed by atoms with E-state index in [2.05, 4.69) is 35.9 Å². The normalized spacial score (nSPS) is 11.5. The zero-order valence-electron chi connectivity index (χ0n) is 10.9. The third kappa shape index (κ3) is 4.89. The summed E-state index contributed by atoms with van der Waals surface area (Å²) in [6.45, 7) is 6.88. The van der Waals surface area contributed by atoms with E-state index in [9.17, 15) is 0 Å². The molecule has 1 rings (SSSR count). The Bertz CT molecular complexity index is 333. The number of nitrogens with two attached hydrogens (primary N) is 1. The zero-order valence-corrected chi connectivity index (χ0v) is 10.9. The largest absolute Gasteiger partial charge is 0.370 e. The molecule has 0 fully saturated rings. The van der Waals surface area contributed by atoms with Crippen LogP contribution in [0.5, 0.6) is 0 Å². The minimum Gasteiger partial charge on any atom is -0.370 e. The van der Waals surface area contributed by atoms with Crippen molar-refractivity contribution in [1.29, 1.82) is 0 Å². The van der Waals surface area contributed by atoms with Gasteiger partial charge in [0.1, 0.15) is 0 Å². The maximum absolute atomic E-state index is 5.99. The van der Waals surface area contributed by atoms with Gasteiger partial charge in [-0.25, -0.2) is 4.99 Å². The molecule has 0 atom stereocenters. The second-order valence-electron chi connectivity index (χ2n) is 4.09. The smallest absolute Gasteiger partial charge is 0.191 e. The number of hydrogen-bond acceptors (Lipinski definition) is 1. The quantitative estimate of drug-likeness (QED) is 0.606. The van der Waals surface area contributed by atoms with Gasteiger partial charge in [-0.05, 0) is 18.9 Å². The summed E-state index contributed by atoms with van der Waals surface area (Å²) < 4.78 is 0. The van der Waals surface area contributed by atoms with Gasteiger partial charge in [0.05, 0.1) is 6.54 Å². The van der Waals surface area contributed by atoms with E-state index in [1.165, 1.54) is 12.0 Å². The molecule has 1 aromatic carbocycles. The van der Waals surface area contributed by atoms with E-state index < -0.39 is 0 Å². The summed E-state index contributed by atoms with van der Waals surface area (Å²) in [6, 6.07) is 10.2. The van der Waals surface area contributed by atoms with E-state index in [1.54, 1.807) is 0 Å². The van der Waals surface area contributed by atoms with E-state index in [1.807, 2.05) is 18.2 Å². The van der Waals surface area contributed by atoms with E-state index in [4.69, 9.17) is 5.73 Å². The number of benzene rings is 1. The SMILES string of the molecule is CCCCN(CC)C(N)=NCc1ccccc1. The molecule has 0 aliphatic heterocycles. The second kappa shape index (κ2) is 7.71. The van der Waals surface area contributed by atoms with Gasteiger partial charge in [-0.2, -0.15) is 0 Å². The number of hydrogen-bond donors (Lipinski definition) is 1. The first-order chi connectivity index (χ1) is 8.27. The molecule has 0 aromatic heterocycles. The van der Waals surface area contributed by atoms with Crippen LogP contribution < -0.4 is 5.73 Å². The molecular weight excluding hydrogens is 210 g/mol. The molecule has 3 heteroatoms. The summed E-state index contributed by atoms with van der Waals surface area (Å²) in [4.78, 5) is 6.57. The topological polar surface area (TPSA) is 41.6 Å². The molecule has 1 aromatic rings. The Hall–Kier alpha value is -1.51. The Morgan fingerprint density at radius 3 is 2.53 bits per heavy atom. The third-order valence-corrected chi connectivity index (χ3v) is 2.75. The number of nitrogens with zero attached hydrogens (tertiary/aromatic N) is 2. The summed E-state index contributed by atoms with van der Waals surface area (Å²) in [5.74, 6) is 0.657. The van der Waals surface area contributed by atoms with Gasteiger partial charge in [-0.1, -0.05) is 43.7 Å². The molecule has 17 heavy (non-hydrogen) atoms. The van der Waals surface area contributed by atoms with Gasteiger partial charge >= 0.3 is 0 Å². The van der Waals surface area contributed by atoms with Crippen LogP contribution in [-0.4, -0.2) is 23.9 Å². The van der Waals surface area contributed by atoms with Crippen molar-refractivity contribution >= 4 is 5.96 Å². The van der Waals surface area contributed by atoms with Crippen LogP contribution in [-0.2, 0) is 6.54 Å². The Morgan fingerprint density at radius 2 is 1.94 bits per heavy atom. The molecule has 2 N–H and O–H groups in total. The highest BCUT2D eigenvalue weighted by atomic mass is 15.2. The highest BCUT2D eigenvalue weighted by Gasteiger charge is 2.03. The molecule has 0 aliphatic carbocycles. The predicted molar refractivity (Wildman–Crippen MR) is 73.9 cm³/mol. The monoisotopic (exact) mass is 233 g/mol. The minimum absolute atomic E-state index is 0.657. The lowest BCUT2D eigenvalue weighted by atomic mass is 10.2. The maximum Gasteiger partial charge on any atom is 0.191 e. The molecule has 0 amide bonds. The van der Waals surface area contributed by atoms with Crippen LogP contribution in [0.4, 0.5) is 0 Å². The minimum atomic E-state index is 0.657. The Labute approximate surface area is 104 Å². The predicted octanol–water partition coefficient (Wildman–Crippen LogP) is 2.62. The van der Waals surface area contributed by atoms with Crippen LogP contribution in [0.15, 0.2) is 35.3 Å². The van der Waals surface area contributed by atoms with Crippen molar-refractivity contribution in [1.82, 2.24) is 4.90 Å². The summed E-state index contributed by atoms with van der Waals surface area (Å²) in [5.41, 5.74) is 7.19. The molecule has 3 nitrogen and oxygen atoms in total. The van der Waals surface area contributed by atoms with E-state index in [-0.39, 0.29) is 0 Å². The summed E-state index contributed by atoms with van der Waals surface area (Å²) in [7, 11) is 0. The van der Waals surface area contributed by atoms with Crippen LogP contribution >= 0.6 is 0 Å². The van der Waals surface area contributed by atoms with Crippen LogP contribution in [0.2, 0.25) is 0 Å². The van der Waals surface area contributed by atoms with Crippen molar-refractivity contribution in [3.63, 3.8) is 0 Å². The molecule has 0 unspecified atom stereocenters.